The second-order valence-electron chi connectivity index (χ2n) is 4.02. The van der Waals surface area contributed by atoms with Crippen molar-refractivity contribution in [1.29, 1.82) is 0 Å². The van der Waals surface area contributed by atoms with E-state index in [1.165, 1.54) is 29.8 Å². The Hall–Kier alpha value is -1.76. The smallest absolute Gasteiger partial charge is 0.353 e. The first-order chi connectivity index (χ1) is 8.50. The zero-order valence-corrected chi connectivity index (χ0v) is 10.5. The monoisotopic (exact) mass is 268 g/mol. The van der Waals surface area contributed by atoms with E-state index in [4.69, 9.17) is 5.11 Å². The van der Waals surface area contributed by atoms with E-state index < -0.39 is 5.97 Å². The number of hydrogen-bond acceptors (Lipinski definition) is 4. The number of carboxylic acids is 1. The number of carboxylic acid groups (broad SMARTS) is 1. The number of β-lactam (4-membered cyclic amide) rings is 1. The van der Waals surface area contributed by atoms with E-state index in [9.17, 15) is 14.4 Å². The summed E-state index contributed by atoms with van der Waals surface area (Å²) in [6.07, 6.45) is 2.44. The summed E-state index contributed by atoms with van der Waals surface area (Å²) in [5.41, 5.74) is 0.0775. The fourth-order valence-electron chi connectivity index (χ4n) is 1.99. The van der Waals surface area contributed by atoms with Crippen molar-refractivity contribution >= 4 is 29.5 Å². The molecular formula is C11H12N2O4S. The van der Waals surface area contributed by atoms with Crippen molar-refractivity contribution in [3.05, 3.63) is 22.2 Å². The summed E-state index contributed by atoms with van der Waals surface area (Å²) in [7, 11) is 0. The zero-order valence-electron chi connectivity index (χ0n) is 9.67. The highest BCUT2D eigenvalue weighted by Crippen LogP contribution is 2.43. The molecule has 2 rings (SSSR count). The van der Waals surface area contributed by atoms with Gasteiger partial charge < -0.3 is 15.3 Å². The van der Waals surface area contributed by atoms with E-state index in [1.54, 1.807) is 5.41 Å². The van der Waals surface area contributed by atoms with Crippen molar-refractivity contribution in [2.45, 2.75) is 25.8 Å². The molecule has 0 aromatic heterocycles. The molecule has 18 heavy (non-hydrogen) atoms. The van der Waals surface area contributed by atoms with Gasteiger partial charge >= 0.3 is 5.97 Å². The molecule has 0 spiro atoms. The average Bonchev–Trinajstić information content (AvgIpc) is 2.57. The van der Waals surface area contributed by atoms with Gasteiger partial charge in [-0.2, -0.15) is 0 Å². The van der Waals surface area contributed by atoms with Crippen molar-refractivity contribution < 1.29 is 19.5 Å². The van der Waals surface area contributed by atoms with Gasteiger partial charge in [-0.1, -0.05) is 11.8 Å². The standard InChI is InChI=1S/C11H12N2O4S/c1-6(14)12-2-3-18-8-4-7-5-9(15)13(7)10(8)11(16)17/h2-3,7H,4-5H2,1H3,(H,12,14)(H,16,17). The molecule has 7 heteroatoms. The van der Waals surface area contributed by atoms with Crippen LogP contribution < -0.4 is 5.32 Å². The third-order valence-corrected chi connectivity index (χ3v) is 3.65. The highest BCUT2D eigenvalue weighted by Gasteiger charge is 2.47. The van der Waals surface area contributed by atoms with Gasteiger partial charge in [-0.3, -0.25) is 9.59 Å². The van der Waals surface area contributed by atoms with Crippen LogP contribution in [0.15, 0.2) is 22.2 Å². The van der Waals surface area contributed by atoms with Gasteiger partial charge in [0.05, 0.1) is 6.04 Å². The predicted octanol–water partition coefficient (Wildman–Crippen LogP) is 0.628. The van der Waals surface area contributed by atoms with E-state index in [-0.39, 0.29) is 23.6 Å². The Balaban J connectivity index is 2.07. The molecule has 0 saturated carbocycles. The van der Waals surface area contributed by atoms with E-state index in [1.807, 2.05) is 0 Å². The van der Waals surface area contributed by atoms with Gasteiger partial charge in [0.2, 0.25) is 11.8 Å². The lowest BCUT2D eigenvalue weighted by Crippen LogP contribution is -2.49. The molecule has 0 aromatic rings. The van der Waals surface area contributed by atoms with Gasteiger partial charge in [-0.25, -0.2) is 4.79 Å². The average molecular weight is 268 g/mol. The number of carbonyl (C=O) groups excluding carboxylic acids is 2. The molecule has 0 aliphatic carbocycles. The number of nitrogens with zero attached hydrogens (tertiary/aromatic N) is 1. The molecule has 1 saturated heterocycles. The Kier molecular flexibility index (Phi) is 3.42. The highest BCUT2D eigenvalue weighted by molar-refractivity contribution is 8.05. The summed E-state index contributed by atoms with van der Waals surface area (Å²) in [4.78, 5) is 35.1. The van der Waals surface area contributed by atoms with Crippen LogP contribution in [-0.2, 0) is 14.4 Å². The molecule has 0 radical (unpaired) electrons. The van der Waals surface area contributed by atoms with Crippen molar-refractivity contribution in [3.63, 3.8) is 0 Å². The van der Waals surface area contributed by atoms with Gasteiger partial charge in [0.25, 0.3) is 0 Å². The lowest BCUT2D eigenvalue weighted by molar-refractivity contribution is -0.147. The van der Waals surface area contributed by atoms with Crippen LogP contribution in [0.3, 0.4) is 0 Å². The quantitative estimate of drug-likeness (QED) is 0.730. The molecule has 0 bridgehead atoms. The maximum absolute atomic E-state index is 11.3. The molecule has 6 nitrogen and oxygen atoms in total. The van der Waals surface area contributed by atoms with Gasteiger partial charge in [-0.15, -0.1) is 0 Å². The lowest BCUT2D eigenvalue weighted by atomic mass is 10.0. The first-order valence-corrected chi connectivity index (χ1v) is 6.26. The molecule has 2 aliphatic heterocycles. The molecule has 1 unspecified atom stereocenters. The molecule has 2 aliphatic rings. The van der Waals surface area contributed by atoms with Crippen LogP contribution in [0.5, 0.6) is 0 Å². The van der Waals surface area contributed by atoms with E-state index in [2.05, 4.69) is 5.32 Å². The molecule has 96 valence electrons. The Morgan fingerprint density at radius 1 is 1.50 bits per heavy atom. The minimum Gasteiger partial charge on any atom is -0.477 e. The number of rotatable bonds is 4. The molecule has 2 N–H and O–H groups in total. The molecule has 0 aromatic carbocycles. The van der Waals surface area contributed by atoms with Crippen molar-refractivity contribution in [2.24, 2.45) is 0 Å². The third-order valence-electron chi connectivity index (χ3n) is 2.74. The van der Waals surface area contributed by atoms with Crippen molar-refractivity contribution in [1.82, 2.24) is 10.2 Å². The van der Waals surface area contributed by atoms with Crippen LogP contribution in [0.4, 0.5) is 0 Å². The summed E-state index contributed by atoms with van der Waals surface area (Å²) in [6, 6.07) is 0.000247. The molecular weight excluding hydrogens is 256 g/mol. The van der Waals surface area contributed by atoms with Crippen LogP contribution in [-0.4, -0.2) is 33.8 Å². The number of nitrogens with one attached hydrogen (secondary N) is 1. The second kappa shape index (κ2) is 4.85. The highest BCUT2D eigenvalue weighted by atomic mass is 32.2. The zero-order chi connectivity index (χ0) is 13.3. The second-order valence-corrected chi connectivity index (χ2v) is 5.02. The van der Waals surface area contributed by atoms with Gasteiger partial charge in [0.15, 0.2) is 0 Å². The minimum absolute atomic E-state index is 0.000247. The van der Waals surface area contributed by atoms with Crippen LogP contribution in [0.25, 0.3) is 0 Å². The maximum Gasteiger partial charge on any atom is 0.353 e. The number of fused-ring (bicyclic) bond motifs is 1. The van der Waals surface area contributed by atoms with Crippen molar-refractivity contribution in [3.8, 4) is 0 Å². The normalized spacial score (nSPS) is 22.2. The molecule has 2 heterocycles. The van der Waals surface area contributed by atoms with Crippen LogP contribution in [0, 0.1) is 0 Å². The SMILES string of the molecule is CC(=O)NC=CSC1=C(C(=O)O)N2C(=O)CC2C1. The topological polar surface area (TPSA) is 86.7 Å². The Morgan fingerprint density at radius 3 is 2.78 bits per heavy atom. The maximum atomic E-state index is 11.3. The summed E-state index contributed by atoms with van der Waals surface area (Å²) in [5, 5.41) is 13.2. The summed E-state index contributed by atoms with van der Waals surface area (Å²) in [5.74, 6) is -1.41. The first kappa shape index (κ1) is 12.7. The Morgan fingerprint density at radius 2 is 2.22 bits per heavy atom. The number of aliphatic carboxylic acids is 1. The van der Waals surface area contributed by atoms with E-state index in [0.29, 0.717) is 17.7 Å². The third kappa shape index (κ3) is 2.26. The van der Waals surface area contributed by atoms with Crippen LogP contribution in [0.1, 0.15) is 19.8 Å². The first-order valence-electron chi connectivity index (χ1n) is 5.38. The molecule has 1 atom stereocenters. The van der Waals surface area contributed by atoms with E-state index in [0.717, 1.165) is 0 Å². The number of hydrogen-bond donors (Lipinski definition) is 2. The van der Waals surface area contributed by atoms with Gasteiger partial charge in [0.1, 0.15) is 5.70 Å². The van der Waals surface area contributed by atoms with Gasteiger partial charge in [-0.05, 0) is 5.41 Å². The predicted molar refractivity (Wildman–Crippen MR) is 65.1 cm³/mol. The fraction of sp³-hybridized carbons (Fsp3) is 0.364. The van der Waals surface area contributed by atoms with Gasteiger partial charge in [0, 0.05) is 30.9 Å². The van der Waals surface area contributed by atoms with Crippen LogP contribution in [0.2, 0.25) is 0 Å². The largest absolute Gasteiger partial charge is 0.477 e. The van der Waals surface area contributed by atoms with Crippen LogP contribution >= 0.6 is 11.8 Å². The Bertz CT molecular complexity index is 483. The van der Waals surface area contributed by atoms with E-state index >= 15 is 0 Å². The van der Waals surface area contributed by atoms with Crippen molar-refractivity contribution in [2.75, 3.05) is 0 Å². The summed E-state index contributed by atoms with van der Waals surface area (Å²) >= 11 is 1.22. The summed E-state index contributed by atoms with van der Waals surface area (Å²) in [6.45, 7) is 1.39. The Labute approximate surface area is 108 Å². The lowest BCUT2D eigenvalue weighted by Gasteiger charge is -2.34. The number of amides is 2. The molecule has 1 fully saturated rings. The molecule has 2 amide bonds. The fourth-order valence-corrected chi connectivity index (χ4v) is 2.88. The number of thioether (sulfide) groups is 1. The summed E-state index contributed by atoms with van der Waals surface area (Å²) < 4.78 is 0. The number of carbonyl (C=O) groups is 3. The minimum atomic E-state index is -1.08.